The Morgan fingerprint density at radius 2 is 1.74 bits per heavy atom. The molecule has 0 aliphatic carbocycles. The van der Waals surface area contributed by atoms with E-state index >= 15 is 0 Å². The molecule has 1 N–H and O–H groups in total. The molecule has 2 amide bonds. The number of carbonyl (C=O) groups is 2. The number of sulfonamides is 1. The van der Waals surface area contributed by atoms with Gasteiger partial charge in [0.05, 0.1) is 6.26 Å². The van der Waals surface area contributed by atoms with Crippen molar-refractivity contribution in [3.8, 4) is 0 Å². The van der Waals surface area contributed by atoms with Gasteiger partial charge in [-0.2, -0.15) is 4.31 Å². The van der Waals surface area contributed by atoms with Crippen molar-refractivity contribution >= 4 is 22.0 Å². The lowest BCUT2D eigenvalue weighted by Gasteiger charge is -2.35. The molecule has 10 heteroatoms. The number of hydrogen-bond donors (Lipinski definition) is 1. The Morgan fingerprint density at radius 3 is 2.30 bits per heavy atom. The lowest BCUT2D eigenvalue weighted by molar-refractivity contribution is -0.124. The Labute approximate surface area is 162 Å². The van der Waals surface area contributed by atoms with Crippen LogP contribution in [0.15, 0.2) is 0 Å². The van der Waals surface area contributed by atoms with E-state index in [1.54, 1.807) is 4.90 Å². The highest BCUT2D eigenvalue weighted by atomic mass is 32.2. The number of piperazine rings is 1. The van der Waals surface area contributed by atoms with E-state index in [2.05, 4.69) is 10.2 Å². The van der Waals surface area contributed by atoms with Crippen molar-refractivity contribution in [1.29, 1.82) is 0 Å². The zero-order valence-corrected chi connectivity index (χ0v) is 17.5. The third-order valence-electron chi connectivity index (χ3n) is 4.68. The second-order valence-electron chi connectivity index (χ2n) is 8.13. The van der Waals surface area contributed by atoms with Crippen LogP contribution in [0.5, 0.6) is 0 Å². The minimum Gasteiger partial charge on any atom is -0.444 e. The zero-order valence-electron chi connectivity index (χ0n) is 16.7. The van der Waals surface area contributed by atoms with E-state index in [0.29, 0.717) is 58.7 Å². The Balaban J connectivity index is 1.70. The fourth-order valence-corrected chi connectivity index (χ4v) is 4.46. The van der Waals surface area contributed by atoms with Gasteiger partial charge in [0.2, 0.25) is 15.9 Å². The van der Waals surface area contributed by atoms with Gasteiger partial charge in [0, 0.05) is 45.8 Å². The van der Waals surface area contributed by atoms with Crippen LogP contribution in [0.25, 0.3) is 0 Å². The first-order valence-corrected chi connectivity index (χ1v) is 11.3. The molecule has 0 bridgehead atoms. The van der Waals surface area contributed by atoms with Gasteiger partial charge in [-0.1, -0.05) is 0 Å². The van der Waals surface area contributed by atoms with Crippen molar-refractivity contribution in [2.45, 2.75) is 45.3 Å². The molecule has 2 saturated heterocycles. The second-order valence-corrected chi connectivity index (χ2v) is 10.1. The molecule has 2 aliphatic rings. The molecular weight excluding hydrogens is 372 g/mol. The summed E-state index contributed by atoms with van der Waals surface area (Å²) in [4.78, 5) is 28.2. The minimum absolute atomic E-state index is 0.231. The summed E-state index contributed by atoms with van der Waals surface area (Å²) >= 11 is 0. The predicted octanol–water partition coefficient (Wildman–Crippen LogP) is 0.0793. The molecule has 1 unspecified atom stereocenters. The van der Waals surface area contributed by atoms with Crippen LogP contribution in [0.2, 0.25) is 0 Å². The first kappa shape index (κ1) is 21.9. The molecule has 2 rings (SSSR count). The third kappa shape index (κ3) is 6.62. The molecule has 0 spiro atoms. The average Bonchev–Trinajstić information content (AvgIpc) is 3.03. The van der Waals surface area contributed by atoms with E-state index in [4.69, 9.17) is 4.74 Å². The van der Waals surface area contributed by atoms with Crippen LogP contribution < -0.4 is 5.32 Å². The van der Waals surface area contributed by atoms with Crippen molar-refractivity contribution in [2.24, 2.45) is 0 Å². The summed E-state index contributed by atoms with van der Waals surface area (Å²) in [5.41, 5.74) is -0.501. The van der Waals surface area contributed by atoms with Crippen molar-refractivity contribution in [2.75, 3.05) is 52.1 Å². The molecule has 0 aromatic carbocycles. The largest absolute Gasteiger partial charge is 0.444 e. The normalized spacial score (nSPS) is 22.7. The summed E-state index contributed by atoms with van der Waals surface area (Å²) in [5, 5.41) is 2.85. The van der Waals surface area contributed by atoms with Gasteiger partial charge < -0.3 is 15.0 Å². The summed E-state index contributed by atoms with van der Waals surface area (Å²) in [6.45, 7) is 9.68. The standard InChI is InChI=1S/C17H32N4O5S/c1-17(2,3)26-16(23)20-12-10-19(11-13-20)9-7-18-15(22)14-6-5-8-21(14)27(4,24)25/h14H,5-13H2,1-4H3,(H,18,22). The molecule has 27 heavy (non-hydrogen) atoms. The molecule has 9 nitrogen and oxygen atoms in total. The third-order valence-corrected chi connectivity index (χ3v) is 5.97. The van der Waals surface area contributed by atoms with Gasteiger partial charge in [-0.3, -0.25) is 9.69 Å². The van der Waals surface area contributed by atoms with Crippen LogP contribution in [-0.4, -0.2) is 98.2 Å². The molecule has 0 aromatic heterocycles. The molecule has 2 fully saturated rings. The fraction of sp³-hybridized carbons (Fsp3) is 0.882. The lowest BCUT2D eigenvalue weighted by Crippen LogP contribution is -2.52. The number of amides is 2. The maximum Gasteiger partial charge on any atom is 0.410 e. The van der Waals surface area contributed by atoms with Crippen molar-refractivity contribution in [3.05, 3.63) is 0 Å². The topological polar surface area (TPSA) is 99.3 Å². The molecule has 0 aromatic rings. The van der Waals surface area contributed by atoms with Crippen LogP contribution in [-0.2, 0) is 19.6 Å². The summed E-state index contributed by atoms with van der Waals surface area (Å²) in [5.74, 6) is -0.231. The quantitative estimate of drug-likeness (QED) is 0.697. The molecule has 2 aliphatic heterocycles. The van der Waals surface area contributed by atoms with E-state index in [-0.39, 0.29) is 12.0 Å². The molecule has 1 atom stereocenters. The molecular formula is C17H32N4O5S. The lowest BCUT2D eigenvalue weighted by atomic mass is 10.2. The number of nitrogens with zero attached hydrogens (tertiary/aromatic N) is 3. The fourth-order valence-electron chi connectivity index (χ4n) is 3.33. The van der Waals surface area contributed by atoms with Crippen LogP contribution in [0.4, 0.5) is 4.79 Å². The minimum atomic E-state index is -3.36. The smallest absolute Gasteiger partial charge is 0.410 e. The monoisotopic (exact) mass is 404 g/mol. The Kier molecular flexibility index (Phi) is 7.09. The molecule has 156 valence electrons. The van der Waals surface area contributed by atoms with Gasteiger partial charge in [0.15, 0.2) is 0 Å². The SMILES string of the molecule is CC(C)(C)OC(=O)N1CCN(CCNC(=O)C2CCCN2S(C)(=O)=O)CC1. The van der Waals surface area contributed by atoms with Gasteiger partial charge in [-0.25, -0.2) is 13.2 Å². The van der Waals surface area contributed by atoms with Gasteiger partial charge in [0.1, 0.15) is 11.6 Å². The Hall–Kier alpha value is -1.39. The van der Waals surface area contributed by atoms with Crippen LogP contribution in [0.1, 0.15) is 33.6 Å². The van der Waals surface area contributed by atoms with E-state index in [9.17, 15) is 18.0 Å². The average molecular weight is 405 g/mol. The van der Waals surface area contributed by atoms with Crippen molar-refractivity contribution in [3.63, 3.8) is 0 Å². The van der Waals surface area contributed by atoms with Crippen molar-refractivity contribution in [1.82, 2.24) is 19.4 Å². The maximum atomic E-state index is 12.3. The number of hydrogen-bond acceptors (Lipinski definition) is 6. The summed E-state index contributed by atoms with van der Waals surface area (Å²) in [6.07, 6.45) is 2.12. The predicted molar refractivity (Wildman–Crippen MR) is 102 cm³/mol. The Bertz CT molecular complexity index is 638. The number of nitrogens with one attached hydrogen (secondary N) is 1. The number of carbonyl (C=O) groups excluding carboxylic acids is 2. The first-order valence-electron chi connectivity index (χ1n) is 9.42. The van der Waals surface area contributed by atoms with Gasteiger partial charge in [0.25, 0.3) is 0 Å². The summed E-state index contributed by atoms with van der Waals surface area (Å²) < 4.78 is 30.1. The Morgan fingerprint density at radius 1 is 1.11 bits per heavy atom. The maximum absolute atomic E-state index is 12.3. The van der Waals surface area contributed by atoms with Gasteiger partial charge in [-0.15, -0.1) is 0 Å². The first-order chi connectivity index (χ1) is 12.5. The van der Waals surface area contributed by atoms with E-state index in [1.807, 2.05) is 20.8 Å². The molecule has 0 saturated carbocycles. The summed E-state index contributed by atoms with van der Waals surface area (Å²) in [6, 6.07) is -0.594. The molecule has 0 radical (unpaired) electrons. The van der Waals surface area contributed by atoms with Crippen LogP contribution >= 0.6 is 0 Å². The summed E-state index contributed by atoms with van der Waals surface area (Å²) in [7, 11) is -3.36. The second kappa shape index (κ2) is 8.74. The highest BCUT2D eigenvalue weighted by Gasteiger charge is 2.36. The van der Waals surface area contributed by atoms with Crippen LogP contribution in [0, 0.1) is 0 Å². The van der Waals surface area contributed by atoms with Gasteiger partial charge in [-0.05, 0) is 33.6 Å². The molecule has 2 heterocycles. The van der Waals surface area contributed by atoms with E-state index < -0.39 is 21.7 Å². The van der Waals surface area contributed by atoms with E-state index in [0.717, 1.165) is 6.26 Å². The highest BCUT2D eigenvalue weighted by molar-refractivity contribution is 7.88. The van der Waals surface area contributed by atoms with Crippen molar-refractivity contribution < 1.29 is 22.7 Å². The van der Waals surface area contributed by atoms with Crippen LogP contribution in [0.3, 0.4) is 0 Å². The van der Waals surface area contributed by atoms with E-state index in [1.165, 1.54) is 4.31 Å². The number of ether oxygens (including phenoxy) is 1. The zero-order chi connectivity index (χ0) is 20.2. The number of rotatable bonds is 5. The highest BCUT2D eigenvalue weighted by Crippen LogP contribution is 2.20. The van der Waals surface area contributed by atoms with Gasteiger partial charge >= 0.3 is 6.09 Å².